The first-order valence-corrected chi connectivity index (χ1v) is 10.1. The number of anilines is 1. The second kappa shape index (κ2) is 8.36. The van der Waals surface area contributed by atoms with Gasteiger partial charge in [-0.1, -0.05) is 39.0 Å². The van der Waals surface area contributed by atoms with Gasteiger partial charge in [0.05, 0.1) is 5.92 Å². The number of likely N-dealkylation sites (tertiary alicyclic amines) is 1. The normalized spacial score (nSPS) is 17.1. The van der Waals surface area contributed by atoms with E-state index in [1.165, 1.54) is 12.1 Å². The summed E-state index contributed by atoms with van der Waals surface area (Å²) < 4.78 is 13.6. The zero-order valence-electron chi connectivity index (χ0n) is 17.6. The fourth-order valence-electron chi connectivity index (χ4n) is 3.68. The van der Waals surface area contributed by atoms with Crippen LogP contribution in [0.15, 0.2) is 42.5 Å². The number of hydrogen-bond acceptors (Lipinski definition) is 2. The molecule has 1 saturated heterocycles. The van der Waals surface area contributed by atoms with Gasteiger partial charge in [-0.3, -0.25) is 9.59 Å². The molecule has 0 radical (unpaired) electrons. The maximum absolute atomic E-state index is 13.6. The molecule has 3 rings (SSSR count). The molecule has 2 amide bonds. The van der Waals surface area contributed by atoms with Crippen LogP contribution in [0.4, 0.5) is 10.1 Å². The van der Waals surface area contributed by atoms with Crippen molar-refractivity contribution < 1.29 is 14.0 Å². The van der Waals surface area contributed by atoms with Crippen molar-refractivity contribution in [3.63, 3.8) is 0 Å². The highest BCUT2D eigenvalue weighted by atomic mass is 19.1. The first-order chi connectivity index (χ1) is 13.6. The molecule has 1 N–H and O–H groups in total. The van der Waals surface area contributed by atoms with Crippen molar-refractivity contribution in [2.24, 2.45) is 5.92 Å². The Hall–Kier alpha value is -2.69. The monoisotopic (exact) mass is 396 g/mol. The van der Waals surface area contributed by atoms with Crippen molar-refractivity contribution in [1.29, 1.82) is 0 Å². The van der Waals surface area contributed by atoms with E-state index in [0.717, 1.165) is 29.7 Å². The summed E-state index contributed by atoms with van der Waals surface area (Å²) >= 11 is 0. The molecule has 1 fully saturated rings. The number of nitrogens with zero attached hydrogens (tertiary/aromatic N) is 1. The molecule has 0 unspecified atom stereocenters. The van der Waals surface area contributed by atoms with E-state index in [0.29, 0.717) is 18.7 Å². The fourth-order valence-corrected chi connectivity index (χ4v) is 3.68. The van der Waals surface area contributed by atoms with Gasteiger partial charge in [0.25, 0.3) is 5.91 Å². The minimum absolute atomic E-state index is 0.00237. The predicted octanol–water partition coefficient (Wildman–Crippen LogP) is 4.92. The highest BCUT2D eigenvalue weighted by molar-refractivity contribution is 5.97. The van der Waals surface area contributed by atoms with Gasteiger partial charge < -0.3 is 10.2 Å². The van der Waals surface area contributed by atoms with Crippen LogP contribution in [0.5, 0.6) is 0 Å². The molecule has 0 bridgehead atoms. The highest BCUT2D eigenvalue weighted by Gasteiger charge is 2.29. The molecule has 0 spiro atoms. The molecule has 2 aromatic carbocycles. The van der Waals surface area contributed by atoms with Gasteiger partial charge in [0.1, 0.15) is 5.82 Å². The largest absolute Gasteiger partial charge is 0.338 e. The number of nitrogens with one attached hydrogen (secondary N) is 1. The Balaban J connectivity index is 1.70. The van der Waals surface area contributed by atoms with E-state index >= 15 is 0 Å². The van der Waals surface area contributed by atoms with Gasteiger partial charge in [0.15, 0.2) is 0 Å². The number of benzene rings is 2. The van der Waals surface area contributed by atoms with Crippen LogP contribution in [0.3, 0.4) is 0 Å². The van der Waals surface area contributed by atoms with E-state index < -0.39 is 5.82 Å². The fraction of sp³-hybridized carbons (Fsp3) is 0.417. The van der Waals surface area contributed by atoms with Gasteiger partial charge in [-0.2, -0.15) is 0 Å². The number of carbonyl (C=O) groups is 2. The predicted molar refractivity (Wildman–Crippen MR) is 114 cm³/mol. The Labute approximate surface area is 172 Å². The van der Waals surface area contributed by atoms with Crippen molar-refractivity contribution in [2.75, 3.05) is 18.4 Å². The van der Waals surface area contributed by atoms with Crippen molar-refractivity contribution in [1.82, 2.24) is 4.90 Å². The third-order valence-electron chi connectivity index (χ3n) is 5.51. The number of halogens is 1. The molecule has 0 saturated carbocycles. The first kappa shape index (κ1) is 21.0. The molecular weight excluding hydrogens is 367 g/mol. The van der Waals surface area contributed by atoms with Gasteiger partial charge in [-0.25, -0.2) is 4.39 Å². The summed E-state index contributed by atoms with van der Waals surface area (Å²) in [5.41, 5.74) is 3.02. The van der Waals surface area contributed by atoms with Crippen molar-refractivity contribution in [3.8, 4) is 0 Å². The lowest BCUT2D eigenvalue weighted by Gasteiger charge is -2.32. The number of amides is 2. The summed E-state index contributed by atoms with van der Waals surface area (Å²) in [7, 11) is 0. The zero-order chi connectivity index (χ0) is 21.2. The molecule has 4 nitrogen and oxygen atoms in total. The maximum atomic E-state index is 13.6. The molecular formula is C24H29FN2O2. The summed E-state index contributed by atoms with van der Waals surface area (Å²) in [4.78, 5) is 27.4. The standard InChI is InChI=1S/C24H29FN2O2/c1-16-10-11-19(25)14-21(16)23(29)27-12-6-7-17(15-27)22(28)26-20-9-5-8-18(13-20)24(2,3)4/h5,8-11,13-14,17H,6-7,12,15H2,1-4H3,(H,26,28)/t17-/m0/s1. The van der Waals surface area contributed by atoms with Crippen LogP contribution in [0.2, 0.25) is 0 Å². The molecule has 1 heterocycles. The molecule has 0 aromatic heterocycles. The van der Waals surface area contributed by atoms with E-state index in [1.54, 1.807) is 17.9 Å². The number of rotatable bonds is 3. The van der Waals surface area contributed by atoms with Gasteiger partial charge in [0.2, 0.25) is 5.91 Å². The lowest BCUT2D eigenvalue weighted by Crippen LogP contribution is -2.44. The van der Waals surface area contributed by atoms with E-state index in [4.69, 9.17) is 0 Å². The summed E-state index contributed by atoms with van der Waals surface area (Å²) in [5, 5.41) is 3.01. The summed E-state index contributed by atoms with van der Waals surface area (Å²) in [6, 6.07) is 12.1. The smallest absolute Gasteiger partial charge is 0.254 e. The summed E-state index contributed by atoms with van der Waals surface area (Å²) in [6.07, 6.45) is 1.48. The van der Waals surface area contributed by atoms with Crippen LogP contribution < -0.4 is 5.32 Å². The lowest BCUT2D eigenvalue weighted by molar-refractivity contribution is -0.121. The second-order valence-corrected chi connectivity index (χ2v) is 8.87. The third kappa shape index (κ3) is 5.03. The van der Waals surface area contributed by atoms with Crippen LogP contribution >= 0.6 is 0 Å². The van der Waals surface area contributed by atoms with E-state index in [-0.39, 0.29) is 23.1 Å². The van der Waals surface area contributed by atoms with Gasteiger partial charge in [-0.15, -0.1) is 0 Å². The van der Waals surface area contributed by atoms with Crippen LogP contribution in [0.25, 0.3) is 0 Å². The number of piperidine rings is 1. The molecule has 1 aliphatic rings. The molecule has 5 heteroatoms. The molecule has 1 aliphatic heterocycles. The van der Waals surface area contributed by atoms with Crippen LogP contribution in [-0.4, -0.2) is 29.8 Å². The molecule has 1 atom stereocenters. The van der Waals surface area contributed by atoms with Crippen LogP contribution in [0, 0.1) is 18.7 Å². The number of hydrogen-bond donors (Lipinski definition) is 1. The van der Waals surface area contributed by atoms with E-state index in [9.17, 15) is 14.0 Å². The Kier molecular flexibility index (Phi) is 6.06. The number of carbonyl (C=O) groups excluding carboxylic acids is 2. The minimum Gasteiger partial charge on any atom is -0.338 e. The van der Waals surface area contributed by atoms with E-state index in [1.807, 2.05) is 18.2 Å². The molecule has 2 aromatic rings. The van der Waals surface area contributed by atoms with Gasteiger partial charge in [0, 0.05) is 24.3 Å². The van der Waals surface area contributed by atoms with Crippen molar-refractivity contribution in [2.45, 2.75) is 46.0 Å². The Morgan fingerprint density at radius 1 is 1.14 bits per heavy atom. The third-order valence-corrected chi connectivity index (χ3v) is 5.51. The average Bonchev–Trinajstić information content (AvgIpc) is 2.69. The summed E-state index contributed by atoms with van der Waals surface area (Å²) in [6.45, 7) is 9.12. The lowest BCUT2D eigenvalue weighted by atomic mass is 9.87. The maximum Gasteiger partial charge on any atom is 0.254 e. The quantitative estimate of drug-likeness (QED) is 0.800. The van der Waals surface area contributed by atoms with Crippen LogP contribution in [-0.2, 0) is 10.2 Å². The zero-order valence-corrected chi connectivity index (χ0v) is 17.6. The topological polar surface area (TPSA) is 49.4 Å². The highest BCUT2D eigenvalue weighted by Crippen LogP contribution is 2.26. The Morgan fingerprint density at radius 3 is 2.62 bits per heavy atom. The van der Waals surface area contributed by atoms with Gasteiger partial charge >= 0.3 is 0 Å². The second-order valence-electron chi connectivity index (χ2n) is 8.87. The van der Waals surface area contributed by atoms with E-state index in [2.05, 4.69) is 32.2 Å². The van der Waals surface area contributed by atoms with Crippen molar-refractivity contribution in [3.05, 3.63) is 65.0 Å². The first-order valence-electron chi connectivity index (χ1n) is 10.1. The van der Waals surface area contributed by atoms with Crippen LogP contribution in [0.1, 0.15) is 55.1 Å². The Bertz CT molecular complexity index is 917. The molecule has 0 aliphatic carbocycles. The average molecular weight is 397 g/mol. The SMILES string of the molecule is Cc1ccc(F)cc1C(=O)N1CCC[C@H](C(=O)Nc2cccc(C(C)(C)C)c2)C1. The molecule has 29 heavy (non-hydrogen) atoms. The van der Waals surface area contributed by atoms with Gasteiger partial charge in [-0.05, 0) is 60.6 Å². The minimum atomic E-state index is -0.427. The number of aryl methyl sites for hydroxylation is 1. The summed E-state index contributed by atoms with van der Waals surface area (Å²) in [5.74, 6) is -0.998. The van der Waals surface area contributed by atoms with Crippen molar-refractivity contribution >= 4 is 17.5 Å². The molecule has 154 valence electrons. The Morgan fingerprint density at radius 2 is 1.90 bits per heavy atom.